The van der Waals surface area contributed by atoms with Crippen LogP contribution in [0.4, 0.5) is 5.69 Å². The molecule has 3 aliphatic rings. The zero-order valence-electron chi connectivity index (χ0n) is 20.7. The van der Waals surface area contributed by atoms with Crippen LogP contribution in [-0.2, 0) is 16.1 Å². The highest BCUT2D eigenvalue weighted by Gasteiger charge is 2.35. The second-order valence-corrected chi connectivity index (χ2v) is 9.86. The normalized spacial score (nSPS) is 19.8. The van der Waals surface area contributed by atoms with Gasteiger partial charge >= 0.3 is 0 Å². The van der Waals surface area contributed by atoms with E-state index in [0.29, 0.717) is 30.9 Å². The van der Waals surface area contributed by atoms with Crippen molar-refractivity contribution in [1.82, 2.24) is 14.7 Å². The second kappa shape index (κ2) is 10.2. The summed E-state index contributed by atoms with van der Waals surface area (Å²) >= 11 is 0. The van der Waals surface area contributed by atoms with Crippen LogP contribution in [0.1, 0.15) is 36.2 Å². The first kappa shape index (κ1) is 24.1. The number of rotatable bonds is 6. The molecule has 1 N–H and O–H groups in total. The number of anilines is 1. The fourth-order valence-electron chi connectivity index (χ4n) is 4.94. The number of likely N-dealkylation sites (tertiary alicyclic amines) is 1. The van der Waals surface area contributed by atoms with Gasteiger partial charge in [0.25, 0.3) is 5.91 Å². The summed E-state index contributed by atoms with van der Waals surface area (Å²) in [5, 5.41) is 2.89. The van der Waals surface area contributed by atoms with Crippen LogP contribution in [0.15, 0.2) is 42.5 Å². The average Bonchev–Trinajstić information content (AvgIpc) is 3.51. The Hall–Kier alpha value is -3.59. The maximum Gasteiger partial charge on any atom is 0.253 e. The second-order valence-electron chi connectivity index (χ2n) is 9.86. The van der Waals surface area contributed by atoms with Crippen molar-refractivity contribution in [3.8, 4) is 11.5 Å². The van der Waals surface area contributed by atoms with Gasteiger partial charge in [-0.25, -0.2) is 0 Å². The Morgan fingerprint density at radius 2 is 1.72 bits per heavy atom. The fourth-order valence-corrected chi connectivity index (χ4v) is 4.94. The number of carbonyl (C=O) groups excluding carboxylic acids is 3. The summed E-state index contributed by atoms with van der Waals surface area (Å²) < 4.78 is 10.8. The minimum atomic E-state index is -0.352. The Morgan fingerprint density at radius 3 is 2.42 bits per heavy atom. The van der Waals surface area contributed by atoms with Crippen LogP contribution in [0.2, 0.25) is 0 Å². The van der Waals surface area contributed by atoms with E-state index in [1.54, 1.807) is 29.2 Å². The fraction of sp³-hybridized carbons (Fsp3) is 0.444. The summed E-state index contributed by atoms with van der Waals surface area (Å²) in [6.45, 7) is 8.32. The standard InChI is InChI=1S/C27H32N4O5/c1-18(2)31-16-21(14-25(31)32)26(33)28-22-6-4-20(5-7-22)27(34)30-11-9-29(10-12-30)15-19-3-8-23-24(13-19)36-17-35-23/h3-8,13,18,21H,9-12,14-17H2,1-2H3,(H,28,33). The summed E-state index contributed by atoms with van der Waals surface area (Å²) in [7, 11) is 0. The predicted octanol–water partition coefficient (Wildman–Crippen LogP) is 2.57. The maximum absolute atomic E-state index is 13.0. The van der Waals surface area contributed by atoms with Crippen LogP contribution in [0.25, 0.3) is 0 Å². The van der Waals surface area contributed by atoms with Crippen LogP contribution in [-0.4, -0.2) is 78.0 Å². The van der Waals surface area contributed by atoms with Crippen molar-refractivity contribution in [2.24, 2.45) is 5.92 Å². The first-order valence-electron chi connectivity index (χ1n) is 12.5. The Kier molecular flexibility index (Phi) is 6.82. The third kappa shape index (κ3) is 5.16. The highest BCUT2D eigenvalue weighted by atomic mass is 16.7. The molecule has 190 valence electrons. The molecule has 0 bridgehead atoms. The highest BCUT2D eigenvalue weighted by Crippen LogP contribution is 2.33. The molecular formula is C27H32N4O5. The number of amides is 3. The Morgan fingerprint density at radius 1 is 1.00 bits per heavy atom. The number of nitrogens with one attached hydrogen (secondary N) is 1. The Bertz CT molecular complexity index is 1140. The molecule has 9 heteroatoms. The van der Waals surface area contributed by atoms with E-state index in [4.69, 9.17) is 9.47 Å². The number of carbonyl (C=O) groups is 3. The van der Waals surface area contributed by atoms with Crippen LogP contribution >= 0.6 is 0 Å². The first-order valence-corrected chi connectivity index (χ1v) is 12.5. The molecule has 0 aliphatic carbocycles. The Balaban J connectivity index is 1.11. The molecule has 0 saturated carbocycles. The molecule has 2 fully saturated rings. The zero-order chi connectivity index (χ0) is 25.2. The lowest BCUT2D eigenvalue weighted by atomic mass is 10.1. The third-order valence-electron chi connectivity index (χ3n) is 7.05. The molecular weight excluding hydrogens is 460 g/mol. The molecule has 2 saturated heterocycles. The van der Waals surface area contributed by atoms with E-state index in [1.165, 1.54) is 0 Å². The third-order valence-corrected chi connectivity index (χ3v) is 7.05. The van der Waals surface area contributed by atoms with Gasteiger partial charge in [0.15, 0.2) is 11.5 Å². The number of hydrogen-bond acceptors (Lipinski definition) is 6. The van der Waals surface area contributed by atoms with E-state index in [1.807, 2.05) is 30.9 Å². The lowest BCUT2D eigenvalue weighted by Gasteiger charge is -2.34. The summed E-state index contributed by atoms with van der Waals surface area (Å²) in [5.74, 6) is 1.06. The smallest absolute Gasteiger partial charge is 0.253 e. The van der Waals surface area contributed by atoms with Crippen molar-refractivity contribution in [2.45, 2.75) is 32.9 Å². The van der Waals surface area contributed by atoms with Crippen molar-refractivity contribution in [2.75, 3.05) is 44.8 Å². The van der Waals surface area contributed by atoms with Crippen molar-refractivity contribution >= 4 is 23.4 Å². The van der Waals surface area contributed by atoms with E-state index in [-0.39, 0.29) is 42.9 Å². The van der Waals surface area contributed by atoms with E-state index >= 15 is 0 Å². The van der Waals surface area contributed by atoms with Crippen LogP contribution in [0.3, 0.4) is 0 Å². The lowest BCUT2D eigenvalue weighted by molar-refractivity contribution is -0.129. The molecule has 2 aromatic rings. The largest absolute Gasteiger partial charge is 0.454 e. The molecule has 0 aromatic heterocycles. The number of piperazine rings is 1. The molecule has 1 atom stereocenters. The monoisotopic (exact) mass is 492 g/mol. The maximum atomic E-state index is 13.0. The molecule has 0 radical (unpaired) electrons. The van der Waals surface area contributed by atoms with Gasteiger partial charge in [0.1, 0.15) is 0 Å². The minimum absolute atomic E-state index is 0.00966. The van der Waals surface area contributed by atoms with E-state index < -0.39 is 0 Å². The Labute approximate surface area is 210 Å². The predicted molar refractivity (Wildman–Crippen MR) is 134 cm³/mol. The lowest BCUT2D eigenvalue weighted by Crippen LogP contribution is -2.48. The summed E-state index contributed by atoms with van der Waals surface area (Å²) in [6, 6.07) is 13.1. The molecule has 2 aromatic carbocycles. The number of benzene rings is 2. The van der Waals surface area contributed by atoms with Gasteiger partial charge in [0.05, 0.1) is 5.92 Å². The van der Waals surface area contributed by atoms with E-state index in [2.05, 4.69) is 16.3 Å². The molecule has 1 unspecified atom stereocenters. The molecule has 36 heavy (non-hydrogen) atoms. The summed E-state index contributed by atoms with van der Waals surface area (Å²) in [4.78, 5) is 43.7. The molecule has 5 rings (SSSR count). The van der Waals surface area contributed by atoms with E-state index in [0.717, 1.165) is 36.7 Å². The van der Waals surface area contributed by atoms with Gasteiger partial charge < -0.3 is 24.6 Å². The zero-order valence-corrected chi connectivity index (χ0v) is 20.7. The van der Waals surface area contributed by atoms with Crippen LogP contribution in [0.5, 0.6) is 11.5 Å². The van der Waals surface area contributed by atoms with Gasteiger partial charge in [0.2, 0.25) is 18.6 Å². The van der Waals surface area contributed by atoms with Crippen LogP contribution in [0, 0.1) is 5.92 Å². The van der Waals surface area contributed by atoms with Gasteiger partial charge in [-0.05, 0) is 55.8 Å². The quantitative estimate of drug-likeness (QED) is 0.667. The summed E-state index contributed by atoms with van der Waals surface area (Å²) in [6.07, 6.45) is 0.237. The van der Waals surface area contributed by atoms with Gasteiger partial charge in [-0.3, -0.25) is 19.3 Å². The molecule has 9 nitrogen and oxygen atoms in total. The van der Waals surface area contributed by atoms with Gasteiger partial charge in [0, 0.05) is 63.0 Å². The number of hydrogen-bond donors (Lipinski definition) is 1. The molecule has 3 amide bonds. The van der Waals surface area contributed by atoms with Crippen molar-refractivity contribution in [3.63, 3.8) is 0 Å². The van der Waals surface area contributed by atoms with Gasteiger partial charge in [-0.1, -0.05) is 6.07 Å². The number of ether oxygens (including phenoxy) is 2. The number of nitrogens with zero attached hydrogens (tertiary/aromatic N) is 3. The molecule has 3 aliphatic heterocycles. The first-order chi connectivity index (χ1) is 17.4. The van der Waals surface area contributed by atoms with Crippen LogP contribution < -0.4 is 14.8 Å². The molecule has 0 spiro atoms. The van der Waals surface area contributed by atoms with Gasteiger partial charge in [-0.15, -0.1) is 0 Å². The number of fused-ring (bicyclic) bond motifs is 1. The van der Waals surface area contributed by atoms with Crippen molar-refractivity contribution in [1.29, 1.82) is 0 Å². The average molecular weight is 493 g/mol. The SMILES string of the molecule is CC(C)N1CC(C(=O)Nc2ccc(C(=O)N3CCN(Cc4ccc5c(c4)OCO5)CC3)cc2)CC1=O. The van der Waals surface area contributed by atoms with Crippen molar-refractivity contribution < 1.29 is 23.9 Å². The topological polar surface area (TPSA) is 91.4 Å². The summed E-state index contributed by atoms with van der Waals surface area (Å²) in [5.41, 5.74) is 2.38. The van der Waals surface area contributed by atoms with Crippen molar-refractivity contribution in [3.05, 3.63) is 53.6 Å². The minimum Gasteiger partial charge on any atom is -0.454 e. The van der Waals surface area contributed by atoms with Gasteiger partial charge in [-0.2, -0.15) is 0 Å². The van der Waals surface area contributed by atoms with E-state index in [9.17, 15) is 14.4 Å². The highest BCUT2D eigenvalue weighted by molar-refractivity contribution is 5.98. The molecule has 3 heterocycles.